The Hall–Kier alpha value is -1.16. The molecule has 0 N–H and O–H groups in total. The van der Waals surface area contributed by atoms with E-state index in [9.17, 15) is 5.26 Å². The second-order valence-electron chi connectivity index (χ2n) is 4.06. The molecular formula is C13H11BCl2N2. The van der Waals surface area contributed by atoms with Gasteiger partial charge in [0.25, 0.3) is 0 Å². The first-order valence-electron chi connectivity index (χ1n) is 5.56. The van der Waals surface area contributed by atoms with Crippen molar-refractivity contribution in [2.24, 2.45) is 0 Å². The fraction of sp³-hybridized carbons (Fsp3) is 0.385. The molecule has 18 heavy (non-hydrogen) atoms. The van der Waals surface area contributed by atoms with Gasteiger partial charge in [0.05, 0.1) is 29.0 Å². The highest BCUT2D eigenvalue weighted by Gasteiger charge is 2.30. The van der Waals surface area contributed by atoms with Crippen molar-refractivity contribution in [2.75, 3.05) is 0 Å². The zero-order chi connectivity index (χ0) is 13.9. The molecule has 1 rings (SSSR count). The summed E-state index contributed by atoms with van der Waals surface area (Å²) in [5.74, 6) is 0. The number of hydrogen-bond acceptors (Lipinski definition) is 2. The molecule has 90 valence electrons. The predicted molar refractivity (Wildman–Crippen MR) is 73.9 cm³/mol. The lowest BCUT2D eigenvalue weighted by Crippen LogP contribution is -2.27. The summed E-state index contributed by atoms with van der Waals surface area (Å²) in [6.45, 7) is 3.82. The quantitative estimate of drug-likeness (QED) is 0.786. The summed E-state index contributed by atoms with van der Waals surface area (Å²) in [6.07, 6.45) is 1.20. The lowest BCUT2D eigenvalue weighted by atomic mass is 9.59. The van der Waals surface area contributed by atoms with E-state index in [4.69, 9.17) is 36.3 Å². The predicted octanol–water partition coefficient (Wildman–Crippen LogP) is 3.92. The first kappa shape index (κ1) is 14.9. The van der Waals surface area contributed by atoms with Gasteiger partial charge in [-0.15, -0.1) is 0 Å². The third-order valence-corrected chi connectivity index (χ3v) is 4.00. The van der Waals surface area contributed by atoms with E-state index in [-0.39, 0.29) is 21.2 Å². The molecule has 0 saturated carbocycles. The molecule has 0 aromatic heterocycles. The zero-order valence-electron chi connectivity index (χ0n) is 10.2. The fourth-order valence-corrected chi connectivity index (χ4v) is 2.44. The van der Waals surface area contributed by atoms with Gasteiger partial charge >= 0.3 is 0 Å². The van der Waals surface area contributed by atoms with Crippen LogP contribution in [0, 0.1) is 22.7 Å². The Morgan fingerprint density at radius 2 is 1.78 bits per heavy atom. The average Bonchev–Trinajstić information content (AvgIpc) is 2.40. The van der Waals surface area contributed by atoms with Crippen LogP contribution < -0.4 is 0 Å². The molecule has 0 aliphatic carbocycles. The van der Waals surface area contributed by atoms with E-state index in [1.807, 2.05) is 26.0 Å². The summed E-state index contributed by atoms with van der Waals surface area (Å²) in [5, 5.41) is 18.1. The Bertz CT molecular complexity index is 552. The van der Waals surface area contributed by atoms with Crippen molar-refractivity contribution in [1.29, 1.82) is 10.5 Å². The third kappa shape index (κ3) is 2.34. The number of rotatable bonds is 3. The highest BCUT2D eigenvalue weighted by molar-refractivity contribution is 6.43. The summed E-state index contributed by atoms with van der Waals surface area (Å²) in [4.78, 5) is 0. The van der Waals surface area contributed by atoms with Gasteiger partial charge in [-0.3, -0.25) is 0 Å². The van der Waals surface area contributed by atoms with Gasteiger partial charge in [0.1, 0.15) is 12.1 Å². The van der Waals surface area contributed by atoms with Gasteiger partial charge in [0, 0.05) is 0 Å². The number of hydrogen-bond donors (Lipinski definition) is 0. The summed E-state index contributed by atoms with van der Waals surface area (Å²) in [5.41, 5.74) is 0.900. The Morgan fingerprint density at radius 1 is 1.22 bits per heavy atom. The molecule has 0 heterocycles. The van der Waals surface area contributed by atoms with Gasteiger partial charge in [-0.1, -0.05) is 49.9 Å². The maximum Gasteiger partial charge on any atom is 0.101 e. The molecule has 0 aliphatic rings. The van der Waals surface area contributed by atoms with Crippen LogP contribution in [0.1, 0.15) is 43.4 Å². The monoisotopic (exact) mass is 276 g/mol. The van der Waals surface area contributed by atoms with Gasteiger partial charge in [-0.05, 0) is 16.9 Å². The standard InChI is InChI=1S/C13H11BCl2N2/c1-3-13(14,4-2)11-9(7-18)8(6-17)5-10(15)12(11)16/h5H,3-4H2,1-2H3. The number of benzene rings is 1. The van der Waals surface area contributed by atoms with Crippen LogP contribution in [0.4, 0.5) is 0 Å². The van der Waals surface area contributed by atoms with Crippen LogP contribution in [-0.2, 0) is 5.31 Å². The van der Waals surface area contributed by atoms with Crippen LogP contribution in [0.3, 0.4) is 0 Å². The second-order valence-corrected chi connectivity index (χ2v) is 4.84. The maximum absolute atomic E-state index is 9.24. The van der Waals surface area contributed by atoms with Crippen molar-refractivity contribution < 1.29 is 0 Å². The molecule has 5 heteroatoms. The highest BCUT2D eigenvalue weighted by Crippen LogP contribution is 2.40. The molecule has 0 spiro atoms. The van der Waals surface area contributed by atoms with Crippen LogP contribution >= 0.6 is 23.2 Å². The minimum atomic E-state index is -0.751. The van der Waals surface area contributed by atoms with E-state index in [2.05, 4.69) is 0 Å². The number of halogens is 2. The molecule has 0 bridgehead atoms. The largest absolute Gasteiger partial charge is 0.192 e. The van der Waals surface area contributed by atoms with E-state index >= 15 is 0 Å². The van der Waals surface area contributed by atoms with Gasteiger partial charge in [0.2, 0.25) is 0 Å². The second kappa shape index (κ2) is 5.66. The molecule has 1 aromatic carbocycles. The Kier molecular flexibility index (Phi) is 4.68. The van der Waals surface area contributed by atoms with Crippen molar-refractivity contribution >= 4 is 31.0 Å². The fourth-order valence-electron chi connectivity index (χ4n) is 1.90. The normalized spacial score (nSPS) is 10.8. The van der Waals surface area contributed by atoms with Crippen molar-refractivity contribution in [2.45, 2.75) is 32.0 Å². The van der Waals surface area contributed by atoms with Crippen LogP contribution in [0.2, 0.25) is 10.0 Å². The lowest BCUT2D eigenvalue weighted by molar-refractivity contribution is 0.564. The molecule has 0 unspecified atom stereocenters. The lowest BCUT2D eigenvalue weighted by Gasteiger charge is -2.30. The molecule has 0 fully saturated rings. The molecule has 2 radical (unpaired) electrons. The Balaban J connectivity index is 3.77. The summed E-state index contributed by atoms with van der Waals surface area (Å²) >= 11 is 12.2. The van der Waals surface area contributed by atoms with E-state index in [0.717, 1.165) is 0 Å². The minimum absolute atomic E-state index is 0.207. The number of nitriles is 2. The van der Waals surface area contributed by atoms with Crippen molar-refractivity contribution in [3.05, 3.63) is 32.8 Å². The average molecular weight is 277 g/mol. The van der Waals surface area contributed by atoms with Gasteiger partial charge in [-0.2, -0.15) is 10.5 Å². The molecule has 2 nitrogen and oxygen atoms in total. The van der Waals surface area contributed by atoms with Gasteiger partial charge in [0.15, 0.2) is 0 Å². The van der Waals surface area contributed by atoms with E-state index in [1.54, 1.807) is 0 Å². The van der Waals surface area contributed by atoms with Crippen LogP contribution in [-0.4, -0.2) is 7.85 Å². The van der Waals surface area contributed by atoms with Crippen molar-refractivity contribution in [3.8, 4) is 12.1 Å². The van der Waals surface area contributed by atoms with E-state index in [0.29, 0.717) is 18.4 Å². The first-order chi connectivity index (χ1) is 8.45. The summed E-state index contributed by atoms with van der Waals surface area (Å²) in [6, 6.07) is 5.37. The minimum Gasteiger partial charge on any atom is -0.192 e. The van der Waals surface area contributed by atoms with Crippen LogP contribution in [0.5, 0.6) is 0 Å². The molecule has 1 aromatic rings. The molecular weight excluding hydrogens is 266 g/mol. The van der Waals surface area contributed by atoms with Gasteiger partial charge in [-0.25, -0.2) is 0 Å². The third-order valence-electron chi connectivity index (χ3n) is 3.21. The number of nitrogens with zero attached hydrogens (tertiary/aromatic N) is 2. The topological polar surface area (TPSA) is 47.6 Å². The van der Waals surface area contributed by atoms with Crippen molar-refractivity contribution in [1.82, 2.24) is 0 Å². The van der Waals surface area contributed by atoms with Crippen LogP contribution in [0.25, 0.3) is 0 Å². The Labute approximate surface area is 119 Å². The first-order valence-corrected chi connectivity index (χ1v) is 6.32. The van der Waals surface area contributed by atoms with Crippen LogP contribution in [0.15, 0.2) is 6.07 Å². The van der Waals surface area contributed by atoms with E-state index < -0.39 is 5.31 Å². The highest BCUT2D eigenvalue weighted by atomic mass is 35.5. The van der Waals surface area contributed by atoms with Crippen molar-refractivity contribution in [3.63, 3.8) is 0 Å². The molecule has 0 saturated heterocycles. The van der Waals surface area contributed by atoms with E-state index in [1.165, 1.54) is 6.07 Å². The molecule has 0 aliphatic heterocycles. The molecule has 0 amide bonds. The summed E-state index contributed by atoms with van der Waals surface area (Å²) in [7, 11) is 6.28. The SMILES string of the molecule is [B]C(CC)(CC)c1c(Cl)c(Cl)cc(C#N)c1C#N. The zero-order valence-corrected chi connectivity index (χ0v) is 11.7. The smallest absolute Gasteiger partial charge is 0.101 e. The molecule has 0 atom stereocenters. The summed E-state index contributed by atoms with van der Waals surface area (Å²) < 4.78 is 0. The maximum atomic E-state index is 9.24. The Morgan fingerprint density at radius 3 is 2.17 bits per heavy atom. The van der Waals surface area contributed by atoms with Gasteiger partial charge < -0.3 is 0 Å².